The fourth-order valence-corrected chi connectivity index (χ4v) is 5.80. The molecule has 5 rings (SSSR count). The quantitative estimate of drug-likeness (QED) is 0.0724. The first kappa shape index (κ1) is 42.5. The number of carbonyl (C=O) groups excluding carboxylic acids is 2. The first-order valence-corrected chi connectivity index (χ1v) is 18.9. The number of ether oxygens (including phenoxy) is 6. The van der Waals surface area contributed by atoms with Crippen molar-refractivity contribution in [2.24, 2.45) is 0 Å². The summed E-state index contributed by atoms with van der Waals surface area (Å²) in [7, 11) is 11.2. The van der Waals surface area contributed by atoms with Crippen molar-refractivity contribution in [2.45, 2.75) is 26.2 Å². The van der Waals surface area contributed by atoms with Crippen LogP contribution < -0.4 is 28.7 Å². The lowest BCUT2D eigenvalue weighted by Gasteiger charge is -2.23. The van der Waals surface area contributed by atoms with Gasteiger partial charge in [0, 0.05) is 77.9 Å². The number of aromatic nitrogens is 1. The molecule has 0 fully saturated rings. The molecule has 0 bridgehead atoms. The third-order valence-corrected chi connectivity index (χ3v) is 9.05. The Morgan fingerprint density at radius 2 is 0.793 bits per heavy atom. The molecule has 0 aliphatic rings. The molecule has 5 aromatic rings. The van der Waals surface area contributed by atoms with Crippen LogP contribution in [0.2, 0.25) is 0 Å². The van der Waals surface area contributed by atoms with Crippen LogP contribution in [0.1, 0.15) is 22.3 Å². The standard InChI is InChI=1S/C45H53N5O8/c1-47(2)38-18-10-34(11-19-38)30-49(32-36-14-22-40(53-5)23-15-36)44(51)57-28-26-55-42-8-7-9-43(46-42)56-27-29-58-45(52)50(33-37-16-24-41(54-6)25-17-37)31-35-12-20-39(21-13-35)48(3)4/h7-25H,26-33H2,1-6H3. The number of nitrogens with zero attached hydrogens (tertiary/aromatic N) is 5. The number of carbonyl (C=O) groups is 2. The van der Waals surface area contributed by atoms with Gasteiger partial charge in [0.1, 0.15) is 37.9 Å². The van der Waals surface area contributed by atoms with E-state index in [1.807, 2.05) is 135 Å². The summed E-state index contributed by atoms with van der Waals surface area (Å²) in [4.78, 5) is 38.4. The molecule has 0 saturated heterocycles. The Bertz CT molecular complexity index is 1870. The highest BCUT2D eigenvalue weighted by Gasteiger charge is 2.19. The van der Waals surface area contributed by atoms with E-state index < -0.39 is 12.2 Å². The Hall–Kier alpha value is -6.63. The molecule has 306 valence electrons. The zero-order valence-electron chi connectivity index (χ0n) is 34.1. The Morgan fingerprint density at radius 3 is 1.10 bits per heavy atom. The summed E-state index contributed by atoms with van der Waals surface area (Å²) in [5.41, 5.74) is 5.95. The molecule has 0 N–H and O–H groups in total. The largest absolute Gasteiger partial charge is 0.497 e. The van der Waals surface area contributed by atoms with Crippen LogP contribution in [0.3, 0.4) is 0 Å². The summed E-state index contributed by atoms with van der Waals surface area (Å²) in [5.74, 6) is 2.07. The predicted molar refractivity (Wildman–Crippen MR) is 224 cm³/mol. The van der Waals surface area contributed by atoms with Gasteiger partial charge in [-0.1, -0.05) is 54.6 Å². The van der Waals surface area contributed by atoms with E-state index in [1.165, 1.54) is 0 Å². The van der Waals surface area contributed by atoms with Crippen molar-refractivity contribution < 1.29 is 38.0 Å². The van der Waals surface area contributed by atoms with E-state index in [9.17, 15) is 9.59 Å². The number of hydrogen-bond acceptors (Lipinski definition) is 11. The van der Waals surface area contributed by atoms with Gasteiger partial charge in [-0.2, -0.15) is 4.98 Å². The molecule has 0 unspecified atom stereocenters. The van der Waals surface area contributed by atoms with Gasteiger partial charge in [0.15, 0.2) is 0 Å². The lowest BCUT2D eigenvalue weighted by atomic mass is 10.1. The van der Waals surface area contributed by atoms with Gasteiger partial charge in [-0.25, -0.2) is 9.59 Å². The molecule has 1 heterocycles. The molecule has 4 aromatic carbocycles. The molecule has 2 amide bonds. The van der Waals surface area contributed by atoms with Crippen molar-refractivity contribution in [1.82, 2.24) is 14.8 Å². The monoisotopic (exact) mass is 791 g/mol. The van der Waals surface area contributed by atoms with E-state index in [4.69, 9.17) is 28.4 Å². The molecule has 0 aliphatic carbocycles. The Morgan fingerprint density at radius 1 is 0.466 bits per heavy atom. The van der Waals surface area contributed by atoms with E-state index in [0.29, 0.717) is 37.9 Å². The van der Waals surface area contributed by atoms with Gasteiger partial charge in [0.05, 0.1) is 14.2 Å². The highest BCUT2D eigenvalue weighted by molar-refractivity contribution is 5.68. The average Bonchev–Trinajstić information content (AvgIpc) is 3.24. The van der Waals surface area contributed by atoms with Gasteiger partial charge in [0.25, 0.3) is 0 Å². The van der Waals surface area contributed by atoms with Crippen molar-refractivity contribution in [1.29, 1.82) is 0 Å². The van der Waals surface area contributed by atoms with Gasteiger partial charge < -0.3 is 38.2 Å². The summed E-state index contributed by atoms with van der Waals surface area (Å²) in [6.45, 7) is 1.59. The molecule has 58 heavy (non-hydrogen) atoms. The highest BCUT2D eigenvalue weighted by Crippen LogP contribution is 2.20. The van der Waals surface area contributed by atoms with Crippen LogP contribution in [0.25, 0.3) is 0 Å². The number of hydrogen-bond donors (Lipinski definition) is 0. The molecule has 0 saturated carbocycles. The SMILES string of the molecule is COc1ccc(CN(Cc2ccc(N(C)C)cc2)C(=O)OCCOc2cccc(OCCOC(=O)N(Cc3ccc(OC)cc3)Cc3ccc(N(C)C)cc3)n2)cc1. The number of amides is 2. The second-order valence-electron chi connectivity index (χ2n) is 13.8. The highest BCUT2D eigenvalue weighted by atomic mass is 16.6. The van der Waals surface area contributed by atoms with E-state index in [2.05, 4.69) is 4.98 Å². The minimum Gasteiger partial charge on any atom is -0.497 e. The van der Waals surface area contributed by atoms with Crippen molar-refractivity contribution in [3.8, 4) is 23.3 Å². The lowest BCUT2D eigenvalue weighted by molar-refractivity contribution is 0.0813. The van der Waals surface area contributed by atoms with Crippen molar-refractivity contribution >= 4 is 23.6 Å². The number of rotatable bonds is 20. The van der Waals surface area contributed by atoms with Gasteiger partial charge in [-0.15, -0.1) is 0 Å². The van der Waals surface area contributed by atoms with Crippen LogP contribution in [0.5, 0.6) is 23.3 Å². The van der Waals surface area contributed by atoms with E-state index in [0.717, 1.165) is 45.1 Å². The Balaban J connectivity index is 1.10. The van der Waals surface area contributed by atoms with Gasteiger partial charge >= 0.3 is 12.2 Å². The zero-order chi connectivity index (χ0) is 41.3. The first-order chi connectivity index (χ1) is 28.1. The van der Waals surface area contributed by atoms with Crippen molar-refractivity contribution in [3.05, 3.63) is 138 Å². The second-order valence-corrected chi connectivity index (χ2v) is 13.8. The summed E-state index contributed by atoms with van der Waals surface area (Å²) in [5, 5.41) is 0. The van der Waals surface area contributed by atoms with Crippen molar-refractivity contribution in [2.75, 3.05) is 78.6 Å². The van der Waals surface area contributed by atoms with Gasteiger partial charge in [-0.3, -0.25) is 9.80 Å². The van der Waals surface area contributed by atoms with E-state index >= 15 is 0 Å². The molecule has 0 aliphatic heterocycles. The Labute approximate surface area is 341 Å². The second kappa shape index (κ2) is 21.6. The number of pyridine rings is 1. The van der Waals surface area contributed by atoms with Crippen molar-refractivity contribution in [3.63, 3.8) is 0 Å². The minimum atomic E-state index is -0.472. The van der Waals surface area contributed by atoms with Crippen LogP contribution in [-0.2, 0) is 35.7 Å². The molecular formula is C45H53N5O8. The number of methoxy groups -OCH3 is 2. The Kier molecular flexibility index (Phi) is 15.8. The van der Waals surface area contributed by atoms with E-state index in [1.54, 1.807) is 42.2 Å². The lowest BCUT2D eigenvalue weighted by Crippen LogP contribution is -2.31. The van der Waals surface area contributed by atoms with Crippen LogP contribution >= 0.6 is 0 Å². The van der Waals surface area contributed by atoms with Crippen LogP contribution in [-0.4, -0.2) is 95.8 Å². The molecule has 1 aromatic heterocycles. The fraction of sp³-hybridized carbons (Fsp3) is 0.311. The maximum atomic E-state index is 13.3. The van der Waals surface area contributed by atoms with E-state index in [-0.39, 0.29) is 26.4 Å². The topological polar surface area (TPSA) is 115 Å². The number of anilines is 2. The molecule has 0 radical (unpaired) electrons. The van der Waals surface area contributed by atoms with Gasteiger partial charge in [0.2, 0.25) is 11.8 Å². The fourth-order valence-electron chi connectivity index (χ4n) is 5.80. The zero-order valence-corrected chi connectivity index (χ0v) is 34.1. The maximum Gasteiger partial charge on any atom is 0.410 e. The minimum absolute atomic E-state index is 0.00700. The molecule has 0 spiro atoms. The average molecular weight is 792 g/mol. The summed E-state index contributed by atoms with van der Waals surface area (Å²) in [6.07, 6.45) is -0.944. The molecule has 13 nitrogen and oxygen atoms in total. The summed E-state index contributed by atoms with van der Waals surface area (Å²) < 4.78 is 33.4. The molecule has 0 atom stereocenters. The smallest absolute Gasteiger partial charge is 0.410 e. The third kappa shape index (κ3) is 13.2. The van der Waals surface area contributed by atoms with Crippen LogP contribution in [0.4, 0.5) is 21.0 Å². The van der Waals surface area contributed by atoms with Crippen LogP contribution in [0, 0.1) is 0 Å². The third-order valence-electron chi connectivity index (χ3n) is 9.05. The summed E-state index contributed by atoms with van der Waals surface area (Å²) in [6, 6.07) is 36.3. The first-order valence-electron chi connectivity index (χ1n) is 18.9. The number of benzene rings is 4. The molecular weight excluding hydrogens is 739 g/mol. The van der Waals surface area contributed by atoms with Gasteiger partial charge in [-0.05, 0) is 70.8 Å². The molecule has 13 heteroatoms. The van der Waals surface area contributed by atoms with Crippen LogP contribution in [0.15, 0.2) is 115 Å². The predicted octanol–water partition coefficient (Wildman–Crippen LogP) is 7.67. The summed E-state index contributed by atoms with van der Waals surface area (Å²) >= 11 is 0. The normalized spacial score (nSPS) is 10.6. The maximum absolute atomic E-state index is 13.3.